The maximum absolute atomic E-state index is 13.1. The Bertz CT molecular complexity index is 793. The van der Waals surface area contributed by atoms with E-state index in [1.54, 1.807) is 0 Å². The number of rotatable bonds is 1. The average Bonchev–Trinajstić information content (AvgIpc) is 2.78. The minimum absolute atomic E-state index is 0.00800. The molecule has 9 atom stereocenters. The third-order valence-electron chi connectivity index (χ3n) is 9.58. The van der Waals surface area contributed by atoms with Gasteiger partial charge >= 0.3 is 5.97 Å². The van der Waals surface area contributed by atoms with Crippen molar-refractivity contribution in [1.29, 1.82) is 0 Å². The zero-order valence-corrected chi connectivity index (χ0v) is 16.1. The molecule has 0 aromatic rings. The molecule has 1 spiro atoms. The zero-order chi connectivity index (χ0) is 20.5. The minimum Gasteiger partial charge on any atom is -0.461 e. The first-order chi connectivity index (χ1) is 12.8. The highest BCUT2D eigenvalue weighted by atomic mass is 16.6. The van der Waals surface area contributed by atoms with E-state index in [0.717, 1.165) is 0 Å². The van der Waals surface area contributed by atoms with Crippen molar-refractivity contribution in [3.63, 3.8) is 0 Å². The number of ketones is 1. The van der Waals surface area contributed by atoms with Gasteiger partial charge in [-0.05, 0) is 51.9 Å². The summed E-state index contributed by atoms with van der Waals surface area (Å²) in [6.07, 6.45) is -0.0839. The Morgan fingerprint density at radius 1 is 1.07 bits per heavy atom. The molecule has 5 rings (SSSR count). The molecule has 5 fully saturated rings. The van der Waals surface area contributed by atoms with Crippen LogP contribution in [0.15, 0.2) is 0 Å². The lowest BCUT2D eigenvalue weighted by Gasteiger charge is -2.68. The SMILES string of the molecule is CC12C(=O)OC3C[C@@H]1[C@@](O)(CC(=O)[C@@]2(C)O)[C@H]1CC[C@]2(O)C[C@@]31C[C@]2(O)CO. The lowest BCUT2D eigenvalue weighted by molar-refractivity contribution is -0.302. The predicted molar refractivity (Wildman–Crippen MR) is 92.7 cm³/mol. The van der Waals surface area contributed by atoms with Crippen LogP contribution in [0, 0.1) is 22.7 Å². The Kier molecular flexibility index (Phi) is 3.25. The molecule has 28 heavy (non-hydrogen) atoms. The predicted octanol–water partition coefficient (Wildman–Crippen LogP) is -0.962. The molecule has 8 nitrogen and oxygen atoms in total. The molecule has 5 N–H and O–H groups in total. The summed E-state index contributed by atoms with van der Waals surface area (Å²) in [7, 11) is 0. The van der Waals surface area contributed by atoms with E-state index in [0.29, 0.717) is 6.42 Å². The molecule has 0 aromatic carbocycles. The van der Waals surface area contributed by atoms with Gasteiger partial charge in [-0.3, -0.25) is 9.59 Å². The van der Waals surface area contributed by atoms with Gasteiger partial charge in [0.15, 0.2) is 5.78 Å². The molecule has 8 heteroatoms. The van der Waals surface area contributed by atoms with Gasteiger partial charge in [0.05, 0.1) is 17.8 Å². The molecule has 1 aliphatic heterocycles. The molecular weight excluding hydrogens is 368 g/mol. The van der Waals surface area contributed by atoms with E-state index >= 15 is 0 Å². The normalized spacial score (nSPS) is 62.3. The topological polar surface area (TPSA) is 145 Å². The molecule has 156 valence electrons. The Morgan fingerprint density at radius 2 is 1.75 bits per heavy atom. The fourth-order valence-electron chi connectivity index (χ4n) is 7.82. The van der Waals surface area contributed by atoms with Gasteiger partial charge in [0.2, 0.25) is 0 Å². The molecule has 1 saturated heterocycles. The molecule has 1 heterocycles. The van der Waals surface area contributed by atoms with Crippen LogP contribution in [-0.4, -0.2) is 72.4 Å². The summed E-state index contributed by atoms with van der Waals surface area (Å²) in [5, 5.41) is 54.7. The number of aliphatic hydroxyl groups is 5. The third kappa shape index (κ3) is 1.65. The first-order valence-electron chi connectivity index (χ1n) is 10.1. The molecule has 4 saturated carbocycles. The summed E-state index contributed by atoms with van der Waals surface area (Å²) in [5.74, 6) is -2.48. The number of carbonyl (C=O) groups excluding carboxylic acids is 2. The summed E-state index contributed by atoms with van der Waals surface area (Å²) in [5.41, 5.74) is -9.23. The second-order valence-electron chi connectivity index (χ2n) is 10.4. The Morgan fingerprint density at radius 3 is 2.39 bits per heavy atom. The monoisotopic (exact) mass is 396 g/mol. The van der Waals surface area contributed by atoms with Crippen molar-refractivity contribution in [3.05, 3.63) is 0 Å². The fourth-order valence-corrected chi connectivity index (χ4v) is 7.82. The van der Waals surface area contributed by atoms with Crippen molar-refractivity contribution in [2.45, 2.75) is 80.9 Å². The number of fused-ring (bicyclic) bond motifs is 3. The Labute approximate surface area is 162 Å². The number of esters is 1. The Balaban J connectivity index is 1.70. The van der Waals surface area contributed by atoms with Crippen LogP contribution in [0.25, 0.3) is 0 Å². The van der Waals surface area contributed by atoms with Crippen molar-refractivity contribution in [3.8, 4) is 0 Å². The summed E-state index contributed by atoms with van der Waals surface area (Å²) >= 11 is 0. The highest BCUT2D eigenvalue weighted by molar-refractivity contribution is 5.97. The van der Waals surface area contributed by atoms with Crippen LogP contribution in [0.5, 0.6) is 0 Å². The first kappa shape index (κ1) is 18.9. The number of Topliss-reactive ketones (excluding diaryl/α,β-unsaturated/α-hetero) is 1. The highest BCUT2D eigenvalue weighted by Gasteiger charge is 2.82. The van der Waals surface area contributed by atoms with Crippen molar-refractivity contribution in [2.75, 3.05) is 6.61 Å². The summed E-state index contributed by atoms with van der Waals surface area (Å²) in [6.45, 7) is 2.18. The fraction of sp³-hybridized carbons (Fsp3) is 0.900. The lowest BCUT2D eigenvalue weighted by Crippen LogP contribution is -2.78. The van der Waals surface area contributed by atoms with E-state index in [-0.39, 0.29) is 32.1 Å². The van der Waals surface area contributed by atoms with Crippen LogP contribution in [0.1, 0.15) is 52.4 Å². The summed E-state index contributed by atoms with van der Waals surface area (Å²) < 4.78 is 5.78. The minimum atomic E-state index is -1.94. The van der Waals surface area contributed by atoms with Gasteiger partial charge in [0.1, 0.15) is 22.7 Å². The van der Waals surface area contributed by atoms with E-state index in [1.165, 1.54) is 13.8 Å². The van der Waals surface area contributed by atoms with Crippen molar-refractivity contribution in [2.24, 2.45) is 22.7 Å². The van der Waals surface area contributed by atoms with E-state index in [2.05, 4.69) is 0 Å². The quantitative estimate of drug-likeness (QED) is 0.356. The molecule has 2 unspecified atom stereocenters. The molecule has 0 amide bonds. The molecule has 4 bridgehead atoms. The number of hydrogen-bond acceptors (Lipinski definition) is 8. The first-order valence-corrected chi connectivity index (χ1v) is 10.1. The van der Waals surface area contributed by atoms with Crippen LogP contribution in [0.3, 0.4) is 0 Å². The molecule has 4 aliphatic carbocycles. The van der Waals surface area contributed by atoms with Crippen LogP contribution >= 0.6 is 0 Å². The van der Waals surface area contributed by atoms with Gasteiger partial charge < -0.3 is 30.3 Å². The number of aliphatic hydroxyl groups excluding tert-OH is 1. The smallest absolute Gasteiger partial charge is 0.315 e. The van der Waals surface area contributed by atoms with E-state index in [1.807, 2.05) is 0 Å². The second-order valence-corrected chi connectivity index (χ2v) is 10.4. The maximum atomic E-state index is 13.1. The highest BCUT2D eigenvalue weighted by Crippen LogP contribution is 2.73. The zero-order valence-electron chi connectivity index (χ0n) is 16.1. The molecule has 5 aliphatic rings. The van der Waals surface area contributed by atoms with Crippen molar-refractivity contribution < 1.29 is 39.9 Å². The van der Waals surface area contributed by atoms with Crippen molar-refractivity contribution >= 4 is 11.8 Å². The molecule has 0 radical (unpaired) electrons. The van der Waals surface area contributed by atoms with Crippen LogP contribution < -0.4 is 0 Å². The third-order valence-corrected chi connectivity index (χ3v) is 9.58. The lowest BCUT2D eigenvalue weighted by atomic mass is 9.40. The van der Waals surface area contributed by atoms with E-state index < -0.39 is 69.5 Å². The molecular formula is C20H28O8. The van der Waals surface area contributed by atoms with Gasteiger partial charge in [-0.2, -0.15) is 0 Å². The van der Waals surface area contributed by atoms with Gasteiger partial charge in [-0.25, -0.2) is 0 Å². The standard InChI is InChI=1S/C20H28O8/c1-15-11-5-13(28-14(15)23)17-7-18(25,19(26,8-17)9-21)4-3-10(17)20(11,27)6-12(22)16(15,2)24/h10-11,13,21,24-27H,3-9H2,1-2H3/t10-,11-,13?,15?,16+,17-,18-,19-,20+/m0/s1. The van der Waals surface area contributed by atoms with Gasteiger partial charge in [-0.15, -0.1) is 0 Å². The summed E-state index contributed by atoms with van der Waals surface area (Å²) in [6, 6.07) is 0. The number of hydrogen-bond donors (Lipinski definition) is 5. The molecule has 0 aromatic heterocycles. The van der Waals surface area contributed by atoms with E-state index in [4.69, 9.17) is 4.74 Å². The number of ether oxygens (including phenoxy) is 1. The average molecular weight is 396 g/mol. The van der Waals surface area contributed by atoms with Crippen LogP contribution in [0.2, 0.25) is 0 Å². The van der Waals surface area contributed by atoms with Gasteiger partial charge in [0, 0.05) is 17.8 Å². The Hall–Kier alpha value is -1.06. The maximum Gasteiger partial charge on any atom is 0.315 e. The van der Waals surface area contributed by atoms with Gasteiger partial charge in [-0.1, -0.05) is 0 Å². The second kappa shape index (κ2) is 4.81. The largest absolute Gasteiger partial charge is 0.461 e. The van der Waals surface area contributed by atoms with Crippen LogP contribution in [0.4, 0.5) is 0 Å². The van der Waals surface area contributed by atoms with Crippen LogP contribution in [-0.2, 0) is 14.3 Å². The van der Waals surface area contributed by atoms with Gasteiger partial charge in [0.25, 0.3) is 0 Å². The number of carbonyl (C=O) groups is 2. The van der Waals surface area contributed by atoms with E-state index in [9.17, 15) is 35.1 Å². The summed E-state index contributed by atoms with van der Waals surface area (Å²) in [4.78, 5) is 26.0. The van der Waals surface area contributed by atoms with Crippen molar-refractivity contribution in [1.82, 2.24) is 0 Å².